The molecule has 1 atom stereocenters. The molecule has 0 aliphatic carbocycles. The topological polar surface area (TPSA) is 78.2 Å². The maximum absolute atomic E-state index is 10.3. The van der Waals surface area contributed by atoms with Gasteiger partial charge in [0.05, 0.1) is 30.4 Å². The highest BCUT2D eigenvalue weighted by Crippen LogP contribution is 2.21. The van der Waals surface area contributed by atoms with Crippen molar-refractivity contribution in [1.82, 2.24) is 4.98 Å². The lowest BCUT2D eigenvalue weighted by atomic mass is 10.1. The number of nitrogens with one attached hydrogen (secondary N) is 1. The van der Waals surface area contributed by atoms with Crippen LogP contribution in [0, 0.1) is 11.3 Å². The predicted octanol–water partition coefficient (Wildman–Crippen LogP) is 3.26. The summed E-state index contributed by atoms with van der Waals surface area (Å²) in [7, 11) is 1.60. The molecule has 24 heavy (non-hydrogen) atoms. The summed E-state index contributed by atoms with van der Waals surface area (Å²) in [4.78, 5) is 4.49. The number of hydrogen-bond acceptors (Lipinski definition) is 5. The fraction of sp³-hybridized carbons (Fsp3) is 0.158. The first-order valence-corrected chi connectivity index (χ1v) is 7.56. The number of aromatic nitrogens is 1. The summed E-state index contributed by atoms with van der Waals surface area (Å²) in [6.07, 6.45) is -0.668. The van der Waals surface area contributed by atoms with Gasteiger partial charge in [-0.15, -0.1) is 0 Å². The van der Waals surface area contributed by atoms with E-state index in [1.54, 1.807) is 19.2 Å². The molecule has 0 saturated heterocycles. The van der Waals surface area contributed by atoms with Gasteiger partial charge in [0.1, 0.15) is 11.6 Å². The number of fused-ring (bicyclic) bond motifs is 1. The van der Waals surface area contributed by atoms with Crippen LogP contribution in [-0.4, -0.2) is 23.7 Å². The molecule has 3 aromatic rings. The monoisotopic (exact) mass is 319 g/mol. The molecular weight excluding hydrogens is 302 g/mol. The first kappa shape index (κ1) is 15.8. The molecule has 0 bridgehead atoms. The minimum atomic E-state index is -0.668. The Kier molecular flexibility index (Phi) is 4.59. The molecule has 2 N–H and O–H groups in total. The summed E-state index contributed by atoms with van der Waals surface area (Å²) in [5.41, 5.74) is 2.19. The summed E-state index contributed by atoms with van der Waals surface area (Å²) in [5, 5.41) is 23.3. The van der Waals surface area contributed by atoms with Crippen LogP contribution < -0.4 is 10.1 Å². The number of nitriles is 1. The van der Waals surface area contributed by atoms with Gasteiger partial charge in [-0.25, -0.2) is 4.98 Å². The van der Waals surface area contributed by atoms with Crippen LogP contribution in [0.25, 0.3) is 10.9 Å². The predicted molar refractivity (Wildman–Crippen MR) is 92.9 cm³/mol. The number of nitrogens with zero attached hydrogens (tertiary/aromatic N) is 2. The number of aliphatic hydroxyl groups excluding tert-OH is 1. The third-order valence-electron chi connectivity index (χ3n) is 3.77. The maximum atomic E-state index is 10.3. The van der Waals surface area contributed by atoms with E-state index in [-0.39, 0.29) is 0 Å². The van der Waals surface area contributed by atoms with E-state index in [9.17, 15) is 5.11 Å². The third-order valence-corrected chi connectivity index (χ3v) is 3.77. The van der Waals surface area contributed by atoms with E-state index in [2.05, 4.69) is 16.4 Å². The van der Waals surface area contributed by atoms with E-state index in [1.807, 2.05) is 42.5 Å². The second-order valence-corrected chi connectivity index (χ2v) is 5.39. The van der Waals surface area contributed by atoms with E-state index >= 15 is 0 Å². The molecule has 0 fully saturated rings. The molecule has 0 spiro atoms. The fourth-order valence-corrected chi connectivity index (χ4v) is 2.46. The van der Waals surface area contributed by atoms with Crippen molar-refractivity contribution in [3.05, 3.63) is 65.7 Å². The van der Waals surface area contributed by atoms with Crippen molar-refractivity contribution in [2.24, 2.45) is 0 Å². The summed E-state index contributed by atoms with van der Waals surface area (Å²) >= 11 is 0. The lowest BCUT2D eigenvalue weighted by Crippen LogP contribution is -2.13. The summed E-state index contributed by atoms with van der Waals surface area (Å²) in [6, 6.07) is 18.6. The van der Waals surface area contributed by atoms with Crippen LogP contribution in [0.15, 0.2) is 54.6 Å². The largest absolute Gasteiger partial charge is 0.497 e. The Balaban J connectivity index is 1.71. The number of rotatable bonds is 5. The average Bonchev–Trinajstić information content (AvgIpc) is 2.65. The normalized spacial score (nSPS) is 11.7. The Labute approximate surface area is 140 Å². The van der Waals surface area contributed by atoms with Crippen LogP contribution in [0.5, 0.6) is 5.75 Å². The second-order valence-electron chi connectivity index (χ2n) is 5.39. The molecule has 0 radical (unpaired) electrons. The lowest BCUT2D eigenvalue weighted by molar-refractivity contribution is 0.191. The van der Waals surface area contributed by atoms with Crippen molar-refractivity contribution < 1.29 is 9.84 Å². The number of anilines is 1. The van der Waals surface area contributed by atoms with Gasteiger partial charge >= 0.3 is 0 Å². The fourth-order valence-electron chi connectivity index (χ4n) is 2.46. The third kappa shape index (κ3) is 3.45. The maximum Gasteiger partial charge on any atom is 0.126 e. The highest BCUT2D eigenvalue weighted by molar-refractivity contribution is 5.81. The van der Waals surface area contributed by atoms with Crippen molar-refractivity contribution in [2.45, 2.75) is 6.10 Å². The van der Waals surface area contributed by atoms with Crippen LogP contribution in [0.2, 0.25) is 0 Å². The van der Waals surface area contributed by atoms with Crippen LogP contribution in [-0.2, 0) is 0 Å². The van der Waals surface area contributed by atoms with Crippen LogP contribution in [0.1, 0.15) is 17.2 Å². The van der Waals surface area contributed by atoms with Crippen molar-refractivity contribution in [2.75, 3.05) is 19.0 Å². The van der Waals surface area contributed by atoms with Gasteiger partial charge in [0.15, 0.2) is 0 Å². The van der Waals surface area contributed by atoms with Crippen molar-refractivity contribution in [3.8, 4) is 11.8 Å². The highest BCUT2D eigenvalue weighted by atomic mass is 16.5. The van der Waals surface area contributed by atoms with Crippen molar-refractivity contribution in [1.29, 1.82) is 5.26 Å². The number of aliphatic hydroxyl groups is 1. The molecule has 1 heterocycles. The van der Waals surface area contributed by atoms with Gasteiger partial charge in [0.25, 0.3) is 0 Å². The highest BCUT2D eigenvalue weighted by Gasteiger charge is 2.09. The molecule has 0 aliphatic heterocycles. The molecule has 1 aromatic heterocycles. The van der Waals surface area contributed by atoms with E-state index in [0.29, 0.717) is 23.7 Å². The van der Waals surface area contributed by atoms with Gasteiger partial charge < -0.3 is 15.2 Å². The Morgan fingerprint density at radius 2 is 2.08 bits per heavy atom. The van der Waals surface area contributed by atoms with Crippen molar-refractivity contribution in [3.63, 3.8) is 0 Å². The molecule has 0 amide bonds. The Hall–Kier alpha value is -3.10. The van der Waals surface area contributed by atoms with E-state index in [1.165, 1.54) is 0 Å². The number of hydrogen-bond donors (Lipinski definition) is 2. The molecule has 0 aliphatic rings. The molecule has 5 heteroatoms. The molecule has 120 valence electrons. The zero-order chi connectivity index (χ0) is 16.9. The molecule has 5 nitrogen and oxygen atoms in total. The van der Waals surface area contributed by atoms with Crippen LogP contribution >= 0.6 is 0 Å². The Morgan fingerprint density at radius 1 is 1.21 bits per heavy atom. The molecule has 3 rings (SSSR count). The van der Waals surface area contributed by atoms with E-state index < -0.39 is 6.10 Å². The molecule has 2 aromatic carbocycles. The van der Waals surface area contributed by atoms with Crippen LogP contribution in [0.3, 0.4) is 0 Å². The van der Waals surface area contributed by atoms with E-state index in [0.717, 1.165) is 16.5 Å². The number of ether oxygens (including phenoxy) is 1. The first-order chi connectivity index (χ1) is 11.7. The van der Waals surface area contributed by atoms with Crippen LogP contribution in [0.4, 0.5) is 5.82 Å². The molecule has 0 saturated carbocycles. The quantitative estimate of drug-likeness (QED) is 0.754. The minimum Gasteiger partial charge on any atom is -0.497 e. The Morgan fingerprint density at radius 3 is 2.88 bits per heavy atom. The number of pyridine rings is 1. The standard InChI is InChI=1S/C19H17N3O2/c1-24-16-4-2-3-15(10-16)18(23)12-21-19-8-6-14-9-13(11-20)5-7-17(14)22-19/h2-10,18,23H,12H2,1H3,(H,21,22)/t18-/m0/s1. The molecular formula is C19H17N3O2. The smallest absolute Gasteiger partial charge is 0.126 e. The van der Waals surface area contributed by atoms with Crippen molar-refractivity contribution >= 4 is 16.7 Å². The van der Waals surface area contributed by atoms with Gasteiger partial charge in [-0.2, -0.15) is 5.26 Å². The molecule has 0 unspecified atom stereocenters. The summed E-state index contributed by atoms with van der Waals surface area (Å²) in [5.74, 6) is 1.39. The lowest BCUT2D eigenvalue weighted by Gasteiger charge is -2.14. The summed E-state index contributed by atoms with van der Waals surface area (Å²) < 4.78 is 5.17. The van der Waals surface area contributed by atoms with Gasteiger partial charge in [-0.3, -0.25) is 0 Å². The van der Waals surface area contributed by atoms with Gasteiger partial charge in [0.2, 0.25) is 0 Å². The number of methoxy groups -OCH3 is 1. The average molecular weight is 319 g/mol. The van der Waals surface area contributed by atoms with Gasteiger partial charge in [-0.1, -0.05) is 12.1 Å². The van der Waals surface area contributed by atoms with Gasteiger partial charge in [0, 0.05) is 11.9 Å². The van der Waals surface area contributed by atoms with E-state index in [4.69, 9.17) is 10.00 Å². The summed E-state index contributed by atoms with van der Waals surface area (Å²) in [6.45, 7) is 0.335. The first-order valence-electron chi connectivity index (χ1n) is 7.56. The zero-order valence-corrected chi connectivity index (χ0v) is 13.2. The Bertz CT molecular complexity index is 902. The number of benzene rings is 2. The second kappa shape index (κ2) is 6.99. The zero-order valence-electron chi connectivity index (χ0n) is 13.2. The van der Waals surface area contributed by atoms with Gasteiger partial charge in [-0.05, 0) is 48.0 Å². The SMILES string of the molecule is COc1cccc([C@@H](O)CNc2ccc3cc(C#N)ccc3n2)c1. The minimum absolute atomic E-state index is 0.335.